The first kappa shape index (κ1) is 14.3. The van der Waals surface area contributed by atoms with E-state index in [2.05, 4.69) is 5.32 Å². The third-order valence-corrected chi connectivity index (χ3v) is 2.82. The van der Waals surface area contributed by atoms with Crippen molar-refractivity contribution in [2.45, 2.75) is 6.54 Å². The summed E-state index contributed by atoms with van der Waals surface area (Å²) in [6, 6.07) is 9.71. The number of phenolic OH excluding ortho intramolecular Hbond substituents is 1. The number of nitrogens with one attached hydrogen (secondary N) is 1. The van der Waals surface area contributed by atoms with Gasteiger partial charge in [0.2, 0.25) is 0 Å². The first-order valence-electron chi connectivity index (χ1n) is 5.91. The van der Waals surface area contributed by atoms with E-state index in [1.165, 1.54) is 30.3 Å². The number of rotatable bonds is 4. The molecule has 6 nitrogen and oxygen atoms in total. The van der Waals surface area contributed by atoms with E-state index in [1.807, 2.05) is 6.07 Å². The minimum absolute atomic E-state index is 0.143. The summed E-state index contributed by atoms with van der Waals surface area (Å²) in [5, 5.41) is 31.6. The van der Waals surface area contributed by atoms with Gasteiger partial charge in [0.1, 0.15) is 5.69 Å². The molecule has 0 atom stereocenters. The number of nitro benzene ring substituents is 1. The molecule has 0 heterocycles. The first-order valence-corrected chi connectivity index (χ1v) is 5.91. The summed E-state index contributed by atoms with van der Waals surface area (Å²) >= 11 is 0. The number of nitriles is 1. The maximum Gasteiger partial charge on any atom is 0.293 e. The quantitative estimate of drug-likeness (QED) is 0.665. The number of hydrogen-bond donors (Lipinski definition) is 2. The van der Waals surface area contributed by atoms with Crippen LogP contribution in [0.5, 0.6) is 5.75 Å². The molecule has 0 amide bonds. The lowest BCUT2D eigenvalue weighted by Gasteiger charge is -2.08. The van der Waals surface area contributed by atoms with Crippen molar-refractivity contribution in [1.82, 2.24) is 0 Å². The molecule has 0 spiro atoms. The minimum Gasteiger partial charge on any atom is -0.505 e. The monoisotopic (exact) mass is 287 g/mol. The van der Waals surface area contributed by atoms with Gasteiger partial charge in [-0.05, 0) is 29.8 Å². The van der Waals surface area contributed by atoms with Crippen molar-refractivity contribution in [2.24, 2.45) is 0 Å². The van der Waals surface area contributed by atoms with Crippen LogP contribution in [0.15, 0.2) is 36.4 Å². The zero-order valence-corrected chi connectivity index (χ0v) is 10.7. The molecule has 0 bridgehead atoms. The molecule has 0 fully saturated rings. The third kappa shape index (κ3) is 3.25. The lowest BCUT2D eigenvalue weighted by Crippen LogP contribution is -2.03. The third-order valence-electron chi connectivity index (χ3n) is 2.82. The van der Waals surface area contributed by atoms with Crippen molar-refractivity contribution in [3.05, 3.63) is 63.5 Å². The highest BCUT2D eigenvalue weighted by atomic mass is 19.1. The number of nitrogens with zero attached hydrogens (tertiary/aromatic N) is 2. The lowest BCUT2D eigenvalue weighted by molar-refractivity contribution is -0.384. The fourth-order valence-corrected chi connectivity index (χ4v) is 1.76. The van der Waals surface area contributed by atoms with Crippen LogP contribution in [-0.2, 0) is 6.54 Å². The molecule has 2 aromatic carbocycles. The van der Waals surface area contributed by atoms with Crippen molar-refractivity contribution in [3.63, 3.8) is 0 Å². The normalized spacial score (nSPS) is 9.90. The highest BCUT2D eigenvalue weighted by molar-refractivity contribution is 5.64. The Balaban J connectivity index is 2.21. The number of aromatic hydroxyl groups is 1. The molecular weight excluding hydrogens is 277 g/mol. The van der Waals surface area contributed by atoms with Gasteiger partial charge in [0.25, 0.3) is 5.69 Å². The zero-order chi connectivity index (χ0) is 15.4. The summed E-state index contributed by atoms with van der Waals surface area (Å²) in [6.07, 6.45) is 0. The Bertz CT molecular complexity index is 741. The summed E-state index contributed by atoms with van der Waals surface area (Å²) in [6.45, 7) is 0.143. The zero-order valence-electron chi connectivity index (χ0n) is 10.7. The molecule has 2 N–H and O–H groups in total. The van der Waals surface area contributed by atoms with Crippen LogP contribution in [0, 0.1) is 27.3 Å². The standard InChI is InChI=1S/C14H10FN3O3/c15-11-5-10(2-4-14(11)19)8-17-12-3-1-9(7-16)6-13(12)18(20)21/h1-6,17,19H,8H2. The fraction of sp³-hybridized carbons (Fsp3) is 0.0714. The highest BCUT2D eigenvalue weighted by Crippen LogP contribution is 2.26. The van der Waals surface area contributed by atoms with Crippen molar-refractivity contribution >= 4 is 11.4 Å². The Morgan fingerprint density at radius 3 is 2.71 bits per heavy atom. The summed E-state index contributed by atoms with van der Waals surface area (Å²) < 4.78 is 13.2. The molecule has 21 heavy (non-hydrogen) atoms. The second kappa shape index (κ2) is 5.88. The molecule has 0 aliphatic carbocycles. The van der Waals surface area contributed by atoms with Crippen LogP contribution in [0.25, 0.3) is 0 Å². The summed E-state index contributed by atoms with van der Waals surface area (Å²) in [7, 11) is 0. The SMILES string of the molecule is N#Cc1ccc(NCc2ccc(O)c(F)c2)c([N+](=O)[O-])c1. The van der Waals surface area contributed by atoms with Gasteiger partial charge in [-0.25, -0.2) is 4.39 Å². The number of anilines is 1. The van der Waals surface area contributed by atoms with Crippen molar-refractivity contribution in [3.8, 4) is 11.8 Å². The van der Waals surface area contributed by atoms with Crippen molar-refractivity contribution in [2.75, 3.05) is 5.32 Å². The molecule has 7 heteroatoms. The first-order chi connectivity index (χ1) is 10.0. The van der Waals surface area contributed by atoms with Gasteiger partial charge in [-0.15, -0.1) is 0 Å². The average Bonchev–Trinajstić information content (AvgIpc) is 2.48. The maximum atomic E-state index is 13.2. The molecule has 0 radical (unpaired) electrons. The topological polar surface area (TPSA) is 99.2 Å². The molecule has 0 unspecified atom stereocenters. The van der Waals surface area contributed by atoms with Crippen LogP contribution in [0.3, 0.4) is 0 Å². The number of hydrogen-bond acceptors (Lipinski definition) is 5. The Kier molecular flexibility index (Phi) is 4.00. The van der Waals surface area contributed by atoms with Gasteiger partial charge in [-0.2, -0.15) is 5.26 Å². The number of phenols is 1. The molecule has 0 aromatic heterocycles. The number of halogens is 1. The van der Waals surface area contributed by atoms with E-state index < -0.39 is 16.5 Å². The van der Waals surface area contributed by atoms with Crippen molar-refractivity contribution < 1.29 is 14.4 Å². The van der Waals surface area contributed by atoms with Crippen LogP contribution in [0.4, 0.5) is 15.8 Å². The van der Waals surface area contributed by atoms with Crippen LogP contribution in [-0.4, -0.2) is 10.0 Å². The minimum atomic E-state index is -0.761. The van der Waals surface area contributed by atoms with Gasteiger partial charge < -0.3 is 10.4 Å². The Morgan fingerprint density at radius 2 is 2.10 bits per heavy atom. The molecule has 0 aliphatic rings. The van der Waals surface area contributed by atoms with Crippen LogP contribution in [0.1, 0.15) is 11.1 Å². The van der Waals surface area contributed by atoms with Gasteiger partial charge in [-0.1, -0.05) is 6.07 Å². The molecule has 106 valence electrons. The summed E-state index contributed by atoms with van der Waals surface area (Å²) in [5.74, 6) is -1.22. The Hall–Kier alpha value is -3.14. The van der Waals surface area contributed by atoms with Crippen LogP contribution in [0.2, 0.25) is 0 Å². The molecule has 0 saturated heterocycles. The summed E-state index contributed by atoms with van der Waals surface area (Å²) in [4.78, 5) is 10.4. The van der Waals surface area contributed by atoms with E-state index >= 15 is 0 Å². The smallest absolute Gasteiger partial charge is 0.293 e. The molecule has 0 aliphatic heterocycles. The Labute approximate surface area is 119 Å². The van der Waals surface area contributed by atoms with Gasteiger partial charge in [0, 0.05) is 12.6 Å². The molecule has 0 saturated carbocycles. The predicted octanol–water partition coefficient (Wildman–Crippen LogP) is 2.92. The Morgan fingerprint density at radius 1 is 1.33 bits per heavy atom. The molecular formula is C14H10FN3O3. The average molecular weight is 287 g/mol. The number of benzene rings is 2. The van der Waals surface area contributed by atoms with Crippen LogP contribution >= 0.6 is 0 Å². The van der Waals surface area contributed by atoms with Crippen LogP contribution < -0.4 is 5.32 Å². The van der Waals surface area contributed by atoms with Gasteiger partial charge >= 0.3 is 0 Å². The summed E-state index contributed by atoms with van der Waals surface area (Å²) in [5.41, 5.74) is 0.702. The number of nitro groups is 1. The fourth-order valence-electron chi connectivity index (χ4n) is 1.76. The second-order valence-corrected chi connectivity index (χ2v) is 4.24. The van der Waals surface area contributed by atoms with E-state index in [-0.39, 0.29) is 23.5 Å². The van der Waals surface area contributed by atoms with Gasteiger partial charge in [0.05, 0.1) is 16.6 Å². The van der Waals surface area contributed by atoms with E-state index in [1.54, 1.807) is 0 Å². The van der Waals surface area contributed by atoms with E-state index in [0.29, 0.717) is 5.56 Å². The van der Waals surface area contributed by atoms with E-state index in [9.17, 15) is 14.5 Å². The molecule has 2 rings (SSSR count). The second-order valence-electron chi connectivity index (χ2n) is 4.24. The largest absolute Gasteiger partial charge is 0.505 e. The predicted molar refractivity (Wildman–Crippen MR) is 73.2 cm³/mol. The highest BCUT2D eigenvalue weighted by Gasteiger charge is 2.14. The van der Waals surface area contributed by atoms with Crippen molar-refractivity contribution in [1.29, 1.82) is 5.26 Å². The van der Waals surface area contributed by atoms with E-state index in [0.717, 1.165) is 6.07 Å². The van der Waals surface area contributed by atoms with E-state index in [4.69, 9.17) is 10.4 Å². The molecule has 2 aromatic rings. The van der Waals surface area contributed by atoms with Gasteiger partial charge in [0.15, 0.2) is 11.6 Å². The lowest BCUT2D eigenvalue weighted by atomic mass is 10.1. The maximum absolute atomic E-state index is 13.2. The van der Waals surface area contributed by atoms with Gasteiger partial charge in [-0.3, -0.25) is 10.1 Å².